The molecule has 1 fully saturated rings. The van der Waals surface area contributed by atoms with Crippen molar-refractivity contribution < 1.29 is 40.2 Å². The average molecular weight is 653 g/mol. The third-order valence-electron chi connectivity index (χ3n) is 6.97. The predicted molar refractivity (Wildman–Crippen MR) is 164 cm³/mol. The van der Waals surface area contributed by atoms with Crippen molar-refractivity contribution in [3.8, 4) is 17.6 Å². The van der Waals surface area contributed by atoms with E-state index in [2.05, 4.69) is 22.5 Å². The van der Waals surface area contributed by atoms with Crippen LogP contribution in [-0.2, 0) is 21.1 Å². The van der Waals surface area contributed by atoms with Gasteiger partial charge in [-0.25, -0.2) is 17.6 Å². The first-order valence-corrected chi connectivity index (χ1v) is 16.0. The zero-order valence-electron chi connectivity index (χ0n) is 25.6. The number of carbonyl (C=O) groups is 1. The lowest BCUT2D eigenvalue weighted by atomic mass is 10.0. The van der Waals surface area contributed by atoms with Crippen molar-refractivity contribution in [3.63, 3.8) is 0 Å². The van der Waals surface area contributed by atoms with E-state index in [0.717, 1.165) is 15.7 Å². The second kappa shape index (κ2) is 13.2. The SMILES string of the molecule is COc1cc(S(C)(=O)=O)ccc1N(CC#Cc1cc2c(N[C@H]3CCNC[C@H]3F)cccc2n1CC(F)(F)F)C(=O)OC(C)(C)C. The Bertz CT molecular complexity index is 1720. The van der Waals surface area contributed by atoms with Gasteiger partial charge in [-0.1, -0.05) is 12.0 Å². The summed E-state index contributed by atoms with van der Waals surface area (Å²) in [7, 11) is -2.29. The molecule has 2 N–H and O–H groups in total. The molecule has 3 aromatic rings. The lowest BCUT2D eigenvalue weighted by Crippen LogP contribution is -2.45. The van der Waals surface area contributed by atoms with E-state index in [1.165, 1.54) is 37.4 Å². The molecule has 1 saturated heterocycles. The van der Waals surface area contributed by atoms with E-state index in [1.807, 2.05) is 0 Å². The number of aromatic nitrogens is 1. The number of alkyl halides is 4. The van der Waals surface area contributed by atoms with Crippen LogP contribution < -0.4 is 20.3 Å². The maximum Gasteiger partial charge on any atom is 0.415 e. The van der Waals surface area contributed by atoms with Crippen LogP contribution in [0.3, 0.4) is 0 Å². The summed E-state index contributed by atoms with van der Waals surface area (Å²) in [5.74, 6) is 5.61. The number of hydrogen-bond acceptors (Lipinski definition) is 7. The minimum Gasteiger partial charge on any atom is -0.495 e. The molecule has 2 aromatic carbocycles. The number of methoxy groups -OCH3 is 1. The van der Waals surface area contributed by atoms with E-state index < -0.39 is 46.5 Å². The van der Waals surface area contributed by atoms with Crippen LogP contribution in [0.2, 0.25) is 0 Å². The first kappa shape index (κ1) is 33.9. The van der Waals surface area contributed by atoms with E-state index >= 15 is 0 Å². The number of ether oxygens (including phenoxy) is 2. The molecule has 0 unspecified atom stereocenters. The van der Waals surface area contributed by atoms with Gasteiger partial charge in [0.25, 0.3) is 0 Å². The first-order valence-electron chi connectivity index (χ1n) is 14.1. The Labute approximate surface area is 259 Å². The molecule has 0 spiro atoms. The average Bonchev–Trinajstić information content (AvgIpc) is 3.27. The molecule has 0 radical (unpaired) electrons. The number of nitrogens with one attached hydrogen (secondary N) is 2. The Balaban J connectivity index is 1.76. The van der Waals surface area contributed by atoms with Gasteiger partial charge in [0, 0.05) is 29.9 Å². The molecule has 0 saturated carbocycles. The number of anilines is 2. The van der Waals surface area contributed by atoms with E-state index in [9.17, 15) is 30.8 Å². The third-order valence-corrected chi connectivity index (χ3v) is 8.08. The zero-order valence-corrected chi connectivity index (χ0v) is 26.4. The Morgan fingerprint density at radius 1 is 1.18 bits per heavy atom. The monoisotopic (exact) mass is 652 g/mol. The number of halogens is 4. The maximum atomic E-state index is 14.5. The fourth-order valence-corrected chi connectivity index (χ4v) is 5.57. The lowest BCUT2D eigenvalue weighted by molar-refractivity contribution is -0.140. The van der Waals surface area contributed by atoms with Crippen molar-refractivity contribution in [2.75, 3.05) is 43.2 Å². The normalized spacial score (nSPS) is 17.4. The highest BCUT2D eigenvalue weighted by Gasteiger charge is 2.31. The molecule has 244 valence electrons. The number of nitrogens with zero attached hydrogens (tertiary/aromatic N) is 2. The Morgan fingerprint density at radius 2 is 1.91 bits per heavy atom. The smallest absolute Gasteiger partial charge is 0.415 e. The van der Waals surface area contributed by atoms with Crippen LogP contribution in [0.15, 0.2) is 47.4 Å². The molecule has 45 heavy (non-hydrogen) atoms. The minimum absolute atomic E-state index is 0.0298. The number of amides is 1. The van der Waals surface area contributed by atoms with Crippen LogP contribution in [-0.4, -0.2) is 76.1 Å². The summed E-state index contributed by atoms with van der Waals surface area (Å²) in [6.45, 7) is 4.12. The van der Waals surface area contributed by atoms with Gasteiger partial charge in [-0.15, -0.1) is 0 Å². The molecule has 0 aliphatic carbocycles. The number of fused-ring (bicyclic) bond motifs is 1. The number of carbonyl (C=O) groups excluding carboxylic acids is 1. The van der Waals surface area contributed by atoms with Gasteiger partial charge in [0.15, 0.2) is 9.84 Å². The summed E-state index contributed by atoms with van der Waals surface area (Å²) >= 11 is 0. The van der Waals surface area contributed by atoms with E-state index in [-0.39, 0.29) is 40.6 Å². The molecular weight excluding hydrogens is 616 g/mol. The van der Waals surface area contributed by atoms with Crippen molar-refractivity contribution in [1.82, 2.24) is 9.88 Å². The molecule has 2 atom stereocenters. The van der Waals surface area contributed by atoms with E-state index in [4.69, 9.17) is 9.47 Å². The van der Waals surface area contributed by atoms with Crippen LogP contribution in [0.4, 0.5) is 33.7 Å². The van der Waals surface area contributed by atoms with Crippen molar-refractivity contribution >= 4 is 38.2 Å². The van der Waals surface area contributed by atoms with Crippen molar-refractivity contribution in [2.45, 2.75) is 62.6 Å². The van der Waals surface area contributed by atoms with Crippen molar-refractivity contribution in [1.29, 1.82) is 0 Å². The number of benzene rings is 2. The highest BCUT2D eigenvalue weighted by Crippen LogP contribution is 2.33. The number of sulfone groups is 1. The first-order chi connectivity index (χ1) is 21.0. The van der Waals surface area contributed by atoms with Gasteiger partial charge >= 0.3 is 12.3 Å². The third kappa shape index (κ3) is 8.61. The van der Waals surface area contributed by atoms with Crippen LogP contribution in [0.5, 0.6) is 5.75 Å². The second-order valence-corrected chi connectivity index (χ2v) is 13.7. The number of piperidine rings is 1. The van der Waals surface area contributed by atoms with Crippen molar-refractivity contribution in [3.05, 3.63) is 48.2 Å². The van der Waals surface area contributed by atoms with E-state index in [0.29, 0.717) is 24.0 Å². The highest BCUT2D eigenvalue weighted by molar-refractivity contribution is 7.90. The largest absolute Gasteiger partial charge is 0.495 e. The zero-order chi connectivity index (χ0) is 33.2. The van der Waals surface area contributed by atoms with Gasteiger partial charge in [-0.05, 0) is 70.0 Å². The highest BCUT2D eigenvalue weighted by atomic mass is 32.2. The topological polar surface area (TPSA) is 102 Å². The van der Waals surface area contributed by atoms with Gasteiger partial charge in [-0.2, -0.15) is 13.2 Å². The lowest BCUT2D eigenvalue weighted by Gasteiger charge is -2.28. The molecule has 4 rings (SSSR count). The summed E-state index contributed by atoms with van der Waals surface area (Å²) in [4.78, 5) is 14.3. The van der Waals surface area contributed by atoms with Gasteiger partial charge in [0.05, 0.1) is 41.5 Å². The number of hydrogen-bond donors (Lipinski definition) is 2. The van der Waals surface area contributed by atoms with Crippen LogP contribution in [0, 0.1) is 11.8 Å². The minimum atomic E-state index is -4.57. The summed E-state index contributed by atoms with van der Waals surface area (Å²) in [5, 5.41) is 6.57. The van der Waals surface area contributed by atoms with Crippen molar-refractivity contribution in [2.24, 2.45) is 0 Å². The van der Waals surface area contributed by atoms with Crippen LogP contribution in [0.1, 0.15) is 32.9 Å². The second-order valence-electron chi connectivity index (χ2n) is 11.7. The quantitative estimate of drug-likeness (QED) is 0.256. The van der Waals surface area contributed by atoms with Gasteiger partial charge in [0.2, 0.25) is 0 Å². The summed E-state index contributed by atoms with van der Waals surface area (Å²) in [6, 6.07) is 9.75. The summed E-state index contributed by atoms with van der Waals surface area (Å²) in [6.07, 6.45) is -5.04. The Hall–Kier alpha value is -3.96. The standard InChI is InChI=1S/C31H36F4N4O5S/c1-30(2,3)44-29(40)38(27-12-11-21(45(5,41)42)17-28(27)43-4)15-7-8-20-16-22-24(37-25-13-14-36-18-23(25)32)9-6-10-26(22)39(20)19-31(33,34)35/h6,9-12,16-17,23,25,36-37H,13-15,18-19H2,1-5H3/t23-,25+/m1/s1. The fourth-order valence-electron chi connectivity index (χ4n) is 4.93. The molecule has 1 aliphatic heterocycles. The number of rotatable bonds is 7. The predicted octanol–water partition coefficient (Wildman–Crippen LogP) is 5.52. The van der Waals surface area contributed by atoms with E-state index in [1.54, 1.807) is 32.9 Å². The molecular formula is C31H36F4N4O5S. The Morgan fingerprint density at radius 3 is 2.53 bits per heavy atom. The van der Waals surface area contributed by atoms with Gasteiger partial charge in [-0.3, -0.25) is 4.90 Å². The fraction of sp³-hybridized carbons (Fsp3) is 0.452. The van der Waals surface area contributed by atoms with Crippen LogP contribution in [0.25, 0.3) is 10.9 Å². The summed E-state index contributed by atoms with van der Waals surface area (Å²) < 4.78 is 91.8. The molecule has 1 aromatic heterocycles. The molecule has 1 amide bonds. The Kier molecular flexibility index (Phi) is 9.94. The molecule has 0 bridgehead atoms. The molecule has 9 nitrogen and oxygen atoms in total. The molecule has 14 heteroatoms. The van der Waals surface area contributed by atoms with Gasteiger partial charge in [0.1, 0.15) is 24.1 Å². The summed E-state index contributed by atoms with van der Waals surface area (Å²) in [5.41, 5.74) is 0.0176. The molecule has 1 aliphatic rings. The van der Waals surface area contributed by atoms with Gasteiger partial charge < -0.3 is 24.7 Å². The maximum absolute atomic E-state index is 14.5. The van der Waals surface area contributed by atoms with Crippen LogP contribution >= 0.6 is 0 Å². The molecule has 2 heterocycles.